The molecule has 0 bridgehead atoms. The molecule has 3 atom stereocenters. The molecule has 2 aliphatic heterocycles. The molecule has 3 unspecified atom stereocenters. The molecule has 3 nitrogen and oxygen atoms in total. The van der Waals surface area contributed by atoms with E-state index in [2.05, 4.69) is 26.1 Å². The predicted molar refractivity (Wildman–Crippen MR) is 84.0 cm³/mol. The lowest BCUT2D eigenvalue weighted by atomic mass is 9.75. The van der Waals surface area contributed by atoms with Gasteiger partial charge in [0.05, 0.1) is 15.8 Å². The van der Waals surface area contributed by atoms with Gasteiger partial charge in [0.25, 0.3) is 0 Å². The molecule has 1 saturated heterocycles. The lowest BCUT2D eigenvalue weighted by molar-refractivity contribution is -0.118. The van der Waals surface area contributed by atoms with E-state index >= 15 is 0 Å². The number of hydrogen-bond donors (Lipinski definition) is 1. The van der Waals surface area contributed by atoms with Crippen molar-refractivity contribution in [1.29, 1.82) is 0 Å². The Morgan fingerprint density at radius 1 is 1.19 bits per heavy atom. The van der Waals surface area contributed by atoms with Crippen molar-refractivity contribution in [2.24, 2.45) is 5.92 Å². The van der Waals surface area contributed by atoms with Crippen molar-refractivity contribution in [2.75, 3.05) is 10.2 Å². The third kappa shape index (κ3) is 2.08. The summed E-state index contributed by atoms with van der Waals surface area (Å²) in [6.07, 6.45) is 6.96. The van der Waals surface area contributed by atoms with Crippen molar-refractivity contribution in [3.63, 3.8) is 0 Å². The third-order valence-corrected chi connectivity index (χ3v) is 5.86. The first-order valence-corrected chi connectivity index (χ1v) is 8.52. The largest absolute Gasteiger partial charge is 0.355 e. The SMILES string of the molecule is O=C1Nc2cc(F)c(Br)cc2N2C1CCC1CCCCC12. The fourth-order valence-electron chi connectivity index (χ4n) is 4.30. The van der Waals surface area contributed by atoms with E-state index in [9.17, 15) is 9.18 Å². The molecular formula is C16H18BrFN2O. The van der Waals surface area contributed by atoms with Crippen LogP contribution in [-0.2, 0) is 4.79 Å². The van der Waals surface area contributed by atoms with Crippen LogP contribution in [0.2, 0.25) is 0 Å². The fourth-order valence-corrected chi connectivity index (χ4v) is 4.63. The normalized spacial score (nSPS) is 31.0. The number of amides is 1. The van der Waals surface area contributed by atoms with Gasteiger partial charge in [-0.3, -0.25) is 4.79 Å². The topological polar surface area (TPSA) is 32.3 Å². The number of carbonyl (C=O) groups is 1. The summed E-state index contributed by atoms with van der Waals surface area (Å²) in [5, 5.41) is 2.88. The highest BCUT2D eigenvalue weighted by Crippen LogP contribution is 2.46. The number of rotatable bonds is 0. The Morgan fingerprint density at radius 3 is 2.86 bits per heavy atom. The zero-order valence-corrected chi connectivity index (χ0v) is 13.3. The molecule has 0 radical (unpaired) electrons. The van der Waals surface area contributed by atoms with Crippen molar-refractivity contribution < 1.29 is 9.18 Å². The zero-order chi connectivity index (χ0) is 14.6. The molecule has 1 aromatic rings. The standard InChI is InChI=1S/C16H18BrFN2O/c17-10-7-15-12(8-11(10)18)19-16(21)14-6-5-9-3-1-2-4-13(9)20(14)15/h7-9,13-14H,1-6H2,(H,19,21). The number of hydrogen-bond acceptors (Lipinski definition) is 2. The maximum absolute atomic E-state index is 13.8. The van der Waals surface area contributed by atoms with Gasteiger partial charge in [0.2, 0.25) is 5.91 Å². The van der Waals surface area contributed by atoms with Gasteiger partial charge in [-0.25, -0.2) is 4.39 Å². The highest BCUT2D eigenvalue weighted by molar-refractivity contribution is 9.10. The van der Waals surface area contributed by atoms with E-state index in [1.165, 1.54) is 25.3 Å². The summed E-state index contributed by atoms with van der Waals surface area (Å²) in [5.74, 6) is 0.371. The van der Waals surface area contributed by atoms with E-state index in [4.69, 9.17) is 0 Å². The summed E-state index contributed by atoms with van der Waals surface area (Å²) in [7, 11) is 0. The number of benzene rings is 1. The van der Waals surface area contributed by atoms with Gasteiger partial charge in [-0.05, 0) is 53.6 Å². The second kappa shape index (κ2) is 4.97. The Bertz CT molecular complexity index is 606. The number of piperidine rings is 1. The molecule has 1 amide bonds. The Hall–Kier alpha value is -1.10. The number of fused-ring (bicyclic) bond motifs is 5. The van der Waals surface area contributed by atoms with Crippen LogP contribution in [0.5, 0.6) is 0 Å². The maximum atomic E-state index is 13.8. The van der Waals surface area contributed by atoms with Gasteiger partial charge in [0, 0.05) is 12.1 Å². The van der Waals surface area contributed by atoms with Crippen LogP contribution in [0.1, 0.15) is 38.5 Å². The Balaban J connectivity index is 1.82. The van der Waals surface area contributed by atoms with Crippen LogP contribution in [0.15, 0.2) is 16.6 Å². The smallest absolute Gasteiger partial charge is 0.247 e. The molecule has 1 N–H and O–H groups in total. The Morgan fingerprint density at radius 2 is 2.00 bits per heavy atom. The average molecular weight is 353 g/mol. The molecule has 4 rings (SSSR count). The monoisotopic (exact) mass is 352 g/mol. The van der Waals surface area contributed by atoms with E-state index in [0.29, 0.717) is 22.1 Å². The van der Waals surface area contributed by atoms with E-state index in [1.807, 2.05) is 6.07 Å². The van der Waals surface area contributed by atoms with Crippen LogP contribution < -0.4 is 10.2 Å². The van der Waals surface area contributed by atoms with Crippen LogP contribution in [0.3, 0.4) is 0 Å². The molecule has 0 spiro atoms. The average Bonchev–Trinajstić information content (AvgIpc) is 2.49. The minimum absolute atomic E-state index is 0.0215. The number of halogens is 2. The van der Waals surface area contributed by atoms with Crippen molar-refractivity contribution in [3.8, 4) is 0 Å². The summed E-state index contributed by atoms with van der Waals surface area (Å²) in [6.45, 7) is 0. The van der Waals surface area contributed by atoms with E-state index < -0.39 is 0 Å². The number of anilines is 2. The molecule has 1 aliphatic carbocycles. The lowest BCUT2D eigenvalue weighted by Gasteiger charge is -2.51. The quantitative estimate of drug-likeness (QED) is 0.763. The van der Waals surface area contributed by atoms with Crippen molar-refractivity contribution in [2.45, 2.75) is 50.6 Å². The minimum atomic E-state index is -0.329. The highest BCUT2D eigenvalue weighted by Gasteiger charge is 2.44. The Labute approximate surface area is 132 Å². The number of nitrogens with one attached hydrogen (secondary N) is 1. The van der Waals surface area contributed by atoms with E-state index in [1.54, 1.807) is 0 Å². The first-order valence-electron chi connectivity index (χ1n) is 7.73. The maximum Gasteiger partial charge on any atom is 0.247 e. The fraction of sp³-hybridized carbons (Fsp3) is 0.562. The number of nitrogens with zero attached hydrogens (tertiary/aromatic N) is 1. The predicted octanol–water partition coefficient (Wildman–Crippen LogP) is 4.07. The van der Waals surface area contributed by atoms with Gasteiger partial charge in [0.1, 0.15) is 11.9 Å². The summed E-state index contributed by atoms with van der Waals surface area (Å²) < 4.78 is 14.2. The van der Waals surface area contributed by atoms with Crippen LogP contribution in [0.4, 0.5) is 15.8 Å². The molecule has 5 heteroatoms. The molecule has 0 aromatic heterocycles. The molecule has 2 heterocycles. The van der Waals surface area contributed by atoms with Gasteiger partial charge < -0.3 is 10.2 Å². The summed E-state index contributed by atoms with van der Waals surface area (Å²) in [5.41, 5.74) is 1.59. The lowest BCUT2D eigenvalue weighted by Crippen LogP contribution is -2.58. The van der Waals surface area contributed by atoms with Gasteiger partial charge >= 0.3 is 0 Å². The first kappa shape index (κ1) is 13.6. The van der Waals surface area contributed by atoms with Crippen LogP contribution in [0, 0.1) is 11.7 Å². The second-order valence-corrected chi connectivity index (χ2v) is 7.24. The summed E-state index contributed by atoms with van der Waals surface area (Å²) in [4.78, 5) is 14.7. The molecule has 1 aromatic carbocycles. The van der Waals surface area contributed by atoms with Crippen LogP contribution in [-0.4, -0.2) is 18.0 Å². The summed E-state index contributed by atoms with van der Waals surface area (Å²) >= 11 is 3.28. The van der Waals surface area contributed by atoms with Gasteiger partial charge in [0.15, 0.2) is 0 Å². The Kier molecular flexibility index (Phi) is 3.21. The second-order valence-electron chi connectivity index (χ2n) is 6.39. The van der Waals surface area contributed by atoms with Gasteiger partial charge in [-0.15, -0.1) is 0 Å². The molecule has 3 aliphatic rings. The van der Waals surface area contributed by atoms with Gasteiger partial charge in [-0.2, -0.15) is 0 Å². The first-order chi connectivity index (χ1) is 10.1. The highest BCUT2D eigenvalue weighted by atomic mass is 79.9. The minimum Gasteiger partial charge on any atom is -0.355 e. The zero-order valence-electron chi connectivity index (χ0n) is 11.7. The molecule has 2 fully saturated rings. The van der Waals surface area contributed by atoms with E-state index in [0.717, 1.165) is 24.9 Å². The van der Waals surface area contributed by atoms with Crippen molar-refractivity contribution >= 4 is 33.2 Å². The molecule has 21 heavy (non-hydrogen) atoms. The van der Waals surface area contributed by atoms with Crippen LogP contribution >= 0.6 is 15.9 Å². The molecule has 1 saturated carbocycles. The number of carbonyl (C=O) groups excluding carboxylic acids is 1. The molecule has 112 valence electrons. The van der Waals surface area contributed by atoms with E-state index in [-0.39, 0.29) is 17.8 Å². The van der Waals surface area contributed by atoms with Crippen molar-refractivity contribution in [3.05, 3.63) is 22.4 Å². The van der Waals surface area contributed by atoms with Crippen molar-refractivity contribution in [1.82, 2.24) is 0 Å². The third-order valence-electron chi connectivity index (χ3n) is 5.25. The van der Waals surface area contributed by atoms with Crippen LogP contribution in [0.25, 0.3) is 0 Å². The summed E-state index contributed by atoms with van der Waals surface area (Å²) in [6, 6.07) is 3.60. The van der Waals surface area contributed by atoms with Gasteiger partial charge in [-0.1, -0.05) is 12.8 Å². The molecular weight excluding hydrogens is 335 g/mol.